The average Bonchev–Trinajstić information content (AvgIpc) is 2.85. The number of nitrogens with one attached hydrogen (secondary N) is 1. The van der Waals surface area contributed by atoms with Gasteiger partial charge in [0.2, 0.25) is 0 Å². The second kappa shape index (κ2) is 4.17. The van der Waals surface area contributed by atoms with Crippen molar-refractivity contribution in [2.45, 2.75) is 44.9 Å². The van der Waals surface area contributed by atoms with Gasteiger partial charge in [0.15, 0.2) is 0 Å². The van der Waals surface area contributed by atoms with Gasteiger partial charge >= 0.3 is 0 Å². The van der Waals surface area contributed by atoms with Gasteiger partial charge in [0.25, 0.3) is 0 Å². The van der Waals surface area contributed by atoms with Crippen molar-refractivity contribution >= 4 is 0 Å². The number of β-amino-alcohol motifs (C(OH)–C–C–N with tert-alkyl or cyclic N) is 1. The van der Waals surface area contributed by atoms with Gasteiger partial charge in [0, 0.05) is 31.7 Å². The Kier molecular flexibility index (Phi) is 3.10. The zero-order valence-corrected chi connectivity index (χ0v) is 9.24. The van der Waals surface area contributed by atoms with Crippen molar-refractivity contribution in [1.29, 1.82) is 0 Å². The predicted octanol–water partition coefficient (Wildman–Crippen LogP) is 0.439. The van der Waals surface area contributed by atoms with Crippen molar-refractivity contribution in [3.8, 4) is 0 Å². The van der Waals surface area contributed by atoms with Crippen LogP contribution in [0.1, 0.15) is 26.7 Å². The lowest BCUT2D eigenvalue weighted by molar-refractivity contribution is 0.0599. The molecule has 2 rings (SSSR count). The SMILES string of the molecule is CC(C)N(CC1CC1)C1CNCC1O. The van der Waals surface area contributed by atoms with E-state index in [2.05, 4.69) is 24.1 Å². The zero-order chi connectivity index (χ0) is 10.1. The molecule has 82 valence electrons. The Hall–Kier alpha value is -0.120. The minimum Gasteiger partial charge on any atom is -0.390 e. The third-order valence-corrected chi connectivity index (χ3v) is 3.41. The highest BCUT2D eigenvalue weighted by Crippen LogP contribution is 2.31. The average molecular weight is 198 g/mol. The van der Waals surface area contributed by atoms with E-state index in [0.29, 0.717) is 12.1 Å². The van der Waals surface area contributed by atoms with Crippen LogP contribution in [0.15, 0.2) is 0 Å². The lowest BCUT2D eigenvalue weighted by Crippen LogP contribution is -2.47. The molecule has 3 heteroatoms. The molecule has 0 spiro atoms. The molecule has 2 aliphatic rings. The molecule has 2 atom stereocenters. The highest BCUT2D eigenvalue weighted by Gasteiger charge is 2.35. The molecule has 3 nitrogen and oxygen atoms in total. The maximum absolute atomic E-state index is 9.84. The molecule has 0 radical (unpaired) electrons. The zero-order valence-electron chi connectivity index (χ0n) is 9.24. The summed E-state index contributed by atoms with van der Waals surface area (Å²) in [6, 6.07) is 0.894. The van der Waals surface area contributed by atoms with Gasteiger partial charge < -0.3 is 10.4 Å². The summed E-state index contributed by atoms with van der Waals surface area (Å²) < 4.78 is 0. The summed E-state index contributed by atoms with van der Waals surface area (Å²) in [6.45, 7) is 7.35. The largest absolute Gasteiger partial charge is 0.390 e. The van der Waals surface area contributed by atoms with Crippen molar-refractivity contribution in [3.05, 3.63) is 0 Å². The van der Waals surface area contributed by atoms with E-state index in [0.717, 1.165) is 19.0 Å². The summed E-state index contributed by atoms with van der Waals surface area (Å²) in [6.07, 6.45) is 2.61. The first kappa shape index (κ1) is 10.4. The fraction of sp³-hybridized carbons (Fsp3) is 1.00. The van der Waals surface area contributed by atoms with E-state index in [9.17, 15) is 5.11 Å². The third-order valence-electron chi connectivity index (χ3n) is 3.41. The van der Waals surface area contributed by atoms with E-state index in [1.807, 2.05) is 0 Å². The standard InChI is InChI=1S/C11H22N2O/c1-8(2)13(7-9-3-4-9)10-5-12-6-11(10)14/h8-12,14H,3-7H2,1-2H3. The van der Waals surface area contributed by atoms with Crippen LogP contribution in [-0.4, -0.2) is 47.8 Å². The first-order valence-electron chi connectivity index (χ1n) is 5.83. The first-order valence-corrected chi connectivity index (χ1v) is 5.83. The van der Waals surface area contributed by atoms with Crippen LogP contribution in [0.2, 0.25) is 0 Å². The number of rotatable bonds is 4. The fourth-order valence-corrected chi connectivity index (χ4v) is 2.32. The van der Waals surface area contributed by atoms with Crippen LogP contribution < -0.4 is 5.32 Å². The summed E-state index contributed by atoms with van der Waals surface area (Å²) in [5.74, 6) is 0.908. The van der Waals surface area contributed by atoms with E-state index < -0.39 is 0 Å². The molecule has 1 heterocycles. The molecule has 0 aromatic carbocycles. The summed E-state index contributed by atoms with van der Waals surface area (Å²) in [7, 11) is 0. The normalized spacial score (nSPS) is 33.2. The van der Waals surface area contributed by atoms with Gasteiger partial charge in [0.05, 0.1) is 6.10 Å². The molecule has 0 aromatic rings. The van der Waals surface area contributed by atoms with E-state index in [1.54, 1.807) is 0 Å². The molecule has 1 aliphatic heterocycles. The van der Waals surface area contributed by atoms with E-state index in [4.69, 9.17) is 0 Å². The van der Waals surface area contributed by atoms with Crippen LogP contribution >= 0.6 is 0 Å². The van der Waals surface area contributed by atoms with Gasteiger partial charge in [-0.2, -0.15) is 0 Å². The van der Waals surface area contributed by atoms with Gasteiger partial charge in [-0.05, 0) is 32.6 Å². The van der Waals surface area contributed by atoms with Crippen LogP contribution in [0.5, 0.6) is 0 Å². The Morgan fingerprint density at radius 1 is 1.36 bits per heavy atom. The van der Waals surface area contributed by atoms with Crippen molar-refractivity contribution in [2.24, 2.45) is 5.92 Å². The topological polar surface area (TPSA) is 35.5 Å². The second-order valence-corrected chi connectivity index (χ2v) is 5.03. The Morgan fingerprint density at radius 3 is 2.50 bits per heavy atom. The van der Waals surface area contributed by atoms with Crippen LogP contribution in [0.25, 0.3) is 0 Å². The predicted molar refractivity (Wildman–Crippen MR) is 57.2 cm³/mol. The molecule has 1 saturated heterocycles. The molecule has 2 fully saturated rings. The molecular weight excluding hydrogens is 176 g/mol. The van der Waals surface area contributed by atoms with Gasteiger partial charge in [-0.25, -0.2) is 0 Å². The van der Waals surface area contributed by atoms with Crippen LogP contribution in [0, 0.1) is 5.92 Å². The number of hydrogen-bond acceptors (Lipinski definition) is 3. The molecule has 0 aromatic heterocycles. The van der Waals surface area contributed by atoms with Crippen LogP contribution in [0.3, 0.4) is 0 Å². The maximum atomic E-state index is 9.84. The summed E-state index contributed by atoms with van der Waals surface area (Å²) in [5.41, 5.74) is 0. The van der Waals surface area contributed by atoms with Crippen molar-refractivity contribution in [1.82, 2.24) is 10.2 Å². The van der Waals surface area contributed by atoms with Gasteiger partial charge in [-0.3, -0.25) is 4.90 Å². The second-order valence-electron chi connectivity index (χ2n) is 5.03. The Morgan fingerprint density at radius 2 is 2.07 bits per heavy atom. The quantitative estimate of drug-likeness (QED) is 0.688. The monoisotopic (exact) mass is 198 g/mol. The van der Waals surface area contributed by atoms with Crippen LogP contribution in [0.4, 0.5) is 0 Å². The first-order chi connectivity index (χ1) is 6.68. The maximum Gasteiger partial charge on any atom is 0.0831 e. The molecule has 0 amide bonds. The minimum absolute atomic E-state index is 0.170. The van der Waals surface area contributed by atoms with Crippen molar-refractivity contribution in [3.63, 3.8) is 0 Å². The summed E-state index contributed by atoms with van der Waals surface area (Å²) >= 11 is 0. The third kappa shape index (κ3) is 2.27. The summed E-state index contributed by atoms with van der Waals surface area (Å²) in [5, 5.41) is 13.1. The Labute approximate surface area is 86.5 Å². The number of aliphatic hydroxyl groups excluding tert-OH is 1. The molecule has 14 heavy (non-hydrogen) atoms. The Bertz CT molecular complexity index is 192. The van der Waals surface area contributed by atoms with Crippen molar-refractivity contribution in [2.75, 3.05) is 19.6 Å². The van der Waals surface area contributed by atoms with E-state index >= 15 is 0 Å². The number of aliphatic hydroxyl groups is 1. The fourth-order valence-electron chi connectivity index (χ4n) is 2.32. The van der Waals surface area contributed by atoms with Gasteiger partial charge in [-0.1, -0.05) is 0 Å². The van der Waals surface area contributed by atoms with Crippen molar-refractivity contribution < 1.29 is 5.11 Å². The highest BCUT2D eigenvalue weighted by atomic mass is 16.3. The molecule has 0 bridgehead atoms. The lowest BCUT2D eigenvalue weighted by Gasteiger charge is -2.34. The molecule has 2 unspecified atom stereocenters. The number of nitrogens with zero attached hydrogens (tertiary/aromatic N) is 1. The van der Waals surface area contributed by atoms with E-state index in [-0.39, 0.29) is 6.10 Å². The van der Waals surface area contributed by atoms with Crippen LogP contribution in [-0.2, 0) is 0 Å². The molecule has 1 aliphatic carbocycles. The van der Waals surface area contributed by atoms with E-state index in [1.165, 1.54) is 19.4 Å². The summed E-state index contributed by atoms with van der Waals surface area (Å²) in [4.78, 5) is 2.47. The number of hydrogen-bond donors (Lipinski definition) is 2. The molecule has 2 N–H and O–H groups in total. The van der Waals surface area contributed by atoms with Gasteiger partial charge in [-0.15, -0.1) is 0 Å². The molecular formula is C11H22N2O. The molecule has 1 saturated carbocycles. The Balaban J connectivity index is 1.93. The van der Waals surface area contributed by atoms with Gasteiger partial charge in [0.1, 0.15) is 0 Å². The lowest BCUT2D eigenvalue weighted by atomic mass is 10.1. The smallest absolute Gasteiger partial charge is 0.0831 e. The highest BCUT2D eigenvalue weighted by molar-refractivity contribution is 4.92. The minimum atomic E-state index is -0.170.